The maximum Gasteiger partial charge on any atom is 0.237 e. The Labute approximate surface area is 139 Å². The molecule has 2 aliphatic carbocycles. The van der Waals surface area contributed by atoms with E-state index in [1.54, 1.807) is 4.90 Å². The van der Waals surface area contributed by atoms with Crippen molar-refractivity contribution in [2.45, 2.75) is 70.1 Å². The fourth-order valence-corrected chi connectivity index (χ4v) is 5.00. The zero-order chi connectivity index (χ0) is 16.4. The molecule has 5 atom stereocenters. The van der Waals surface area contributed by atoms with Crippen LogP contribution in [-0.4, -0.2) is 48.2 Å². The van der Waals surface area contributed by atoms with E-state index in [0.717, 1.165) is 50.7 Å². The summed E-state index contributed by atoms with van der Waals surface area (Å²) in [4.78, 5) is 14.1. The van der Waals surface area contributed by atoms with Crippen molar-refractivity contribution >= 4 is 5.91 Å². The lowest BCUT2D eigenvalue weighted by Gasteiger charge is -2.29. The Balaban J connectivity index is 1.48. The van der Waals surface area contributed by atoms with Gasteiger partial charge in [0.2, 0.25) is 5.91 Å². The number of nitrogens with zero attached hydrogens (tertiary/aromatic N) is 2. The van der Waals surface area contributed by atoms with Gasteiger partial charge in [-0.3, -0.25) is 4.79 Å². The van der Waals surface area contributed by atoms with Gasteiger partial charge in [0.05, 0.1) is 18.7 Å². The zero-order valence-corrected chi connectivity index (χ0v) is 14.4. The summed E-state index contributed by atoms with van der Waals surface area (Å²) in [5, 5.41) is 12.6. The van der Waals surface area contributed by atoms with Crippen molar-refractivity contribution in [2.75, 3.05) is 19.7 Å². The largest absolute Gasteiger partial charge is 0.378 e. The maximum absolute atomic E-state index is 12.4. The fraction of sp³-hybridized carbons (Fsp3) is 0.889. The number of carbonyl (C=O) groups is 1. The normalized spacial score (nSPS) is 39.4. The highest BCUT2D eigenvalue weighted by molar-refractivity contribution is 5.79. The molecule has 5 nitrogen and oxygen atoms in total. The monoisotopic (exact) mass is 319 g/mol. The summed E-state index contributed by atoms with van der Waals surface area (Å²) >= 11 is 0. The van der Waals surface area contributed by atoms with Crippen molar-refractivity contribution in [3.63, 3.8) is 0 Å². The Bertz CT molecular complexity index is 473. The topological polar surface area (TPSA) is 65.4 Å². The molecule has 128 valence electrons. The first-order valence-corrected chi connectivity index (χ1v) is 9.10. The number of rotatable bonds is 5. The maximum atomic E-state index is 12.4. The lowest BCUT2D eigenvalue weighted by Crippen LogP contribution is -2.48. The smallest absolute Gasteiger partial charge is 0.237 e. The molecule has 2 saturated carbocycles. The number of fused-ring (bicyclic) bond motifs is 1. The molecular formula is C18H29N3O2. The van der Waals surface area contributed by atoms with Gasteiger partial charge in [-0.1, -0.05) is 0 Å². The Kier molecular flexibility index (Phi) is 4.93. The molecule has 1 heterocycles. The summed E-state index contributed by atoms with van der Waals surface area (Å²) in [6.45, 7) is 6.22. The predicted molar refractivity (Wildman–Crippen MR) is 87.6 cm³/mol. The molecule has 1 saturated heterocycles. The number of hydrogen-bond donors (Lipinski definition) is 1. The van der Waals surface area contributed by atoms with Gasteiger partial charge in [-0.15, -0.1) is 0 Å². The highest BCUT2D eigenvalue weighted by atomic mass is 16.5. The molecule has 0 bridgehead atoms. The molecular weight excluding hydrogens is 290 g/mol. The highest BCUT2D eigenvalue weighted by Gasteiger charge is 2.47. The summed E-state index contributed by atoms with van der Waals surface area (Å²) in [6.07, 6.45) is 6.83. The van der Waals surface area contributed by atoms with Crippen LogP contribution in [0.1, 0.15) is 52.4 Å². The number of nitriles is 1. The van der Waals surface area contributed by atoms with Crippen LogP contribution in [0.4, 0.5) is 0 Å². The molecule has 0 radical (unpaired) electrons. The molecule has 3 fully saturated rings. The van der Waals surface area contributed by atoms with Crippen LogP contribution in [0.5, 0.6) is 0 Å². The van der Waals surface area contributed by atoms with Gasteiger partial charge in [0.1, 0.15) is 6.04 Å². The number of ether oxygens (including phenoxy) is 1. The Morgan fingerprint density at radius 2 is 2.09 bits per heavy atom. The average Bonchev–Trinajstić information content (AvgIpc) is 3.18. The third-order valence-electron chi connectivity index (χ3n) is 6.01. The first kappa shape index (κ1) is 16.7. The Morgan fingerprint density at radius 3 is 2.70 bits per heavy atom. The molecule has 0 spiro atoms. The number of amides is 1. The van der Waals surface area contributed by atoms with Crippen molar-refractivity contribution in [3.05, 3.63) is 0 Å². The van der Waals surface area contributed by atoms with E-state index in [0.29, 0.717) is 12.6 Å². The van der Waals surface area contributed by atoms with Crippen LogP contribution in [-0.2, 0) is 9.53 Å². The van der Waals surface area contributed by atoms with Crippen molar-refractivity contribution in [1.29, 1.82) is 5.26 Å². The van der Waals surface area contributed by atoms with Crippen LogP contribution in [0.15, 0.2) is 0 Å². The molecule has 1 N–H and O–H groups in total. The van der Waals surface area contributed by atoms with E-state index >= 15 is 0 Å². The summed E-state index contributed by atoms with van der Waals surface area (Å²) in [5.74, 6) is 1.55. The summed E-state index contributed by atoms with van der Waals surface area (Å²) < 4.78 is 5.79. The van der Waals surface area contributed by atoms with Gasteiger partial charge in [0, 0.05) is 18.7 Å². The van der Waals surface area contributed by atoms with Crippen LogP contribution in [0, 0.1) is 23.2 Å². The minimum absolute atomic E-state index is 0.0596. The second-order valence-electron chi connectivity index (χ2n) is 7.77. The first-order valence-electron chi connectivity index (χ1n) is 9.10. The molecule has 0 aromatic heterocycles. The van der Waals surface area contributed by atoms with Gasteiger partial charge in [0.25, 0.3) is 0 Å². The minimum Gasteiger partial charge on any atom is -0.378 e. The average molecular weight is 319 g/mol. The van der Waals surface area contributed by atoms with Crippen LogP contribution >= 0.6 is 0 Å². The second-order valence-corrected chi connectivity index (χ2v) is 7.77. The third kappa shape index (κ3) is 3.54. The van der Waals surface area contributed by atoms with E-state index in [4.69, 9.17) is 10.00 Å². The molecule has 1 amide bonds. The number of nitrogens with one attached hydrogen (secondary N) is 1. The molecule has 5 heteroatoms. The Hall–Kier alpha value is -1.12. The van der Waals surface area contributed by atoms with Crippen molar-refractivity contribution in [3.8, 4) is 6.07 Å². The van der Waals surface area contributed by atoms with E-state index in [-0.39, 0.29) is 17.5 Å². The lowest BCUT2D eigenvalue weighted by molar-refractivity contribution is -0.130. The van der Waals surface area contributed by atoms with E-state index in [1.165, 1.54) is 12.8 Å². The number of carbonyl (C=O) groups excluding carboxylic acids is 1. The standard InChI is InChI=1S/C18H29N3O2/c1-3-23-16-7-13-9-18(2,10-14(13)8-16)20-12-17(22)21-6-4-5-15(21)11-19/h13-16,20H,3-10,12H2,1-2H3/t13-,14+,15-,16?,18?/m0/s1. The molecule has 3 rings (SSSR count). The second kappa shape index (κ2) is 6.78. The van der Waals surface area contributed by atoms with E-state index < -0.39 is 0 Å². The van der Waals surface area contributed by atoms with Gasteiger partial charge < -0.3 is 15.0 Å². The quantitative estimate of drug-likeness (QED) is 0.842. The zero-order valence-electron chi connectivity index (χ0n) is 14.4. The van der Waals surface area contributed by atoms with Crippen LogP contribution in [0.3, 0.4) is 0 Å². The number of hydrogen-bond acceptors (Lipinski definition) is 4. The predicted octanol–water partition coefficient (Wildman–Crippen LogP) is 2.07. The summed E-state index contributed by atoms with van der Waals surface area (Å²) in [6, 6.07) is 2.03. The van der Waals surface area contributed by atoms with E-state index in [1.807, 2.05) is 0 Å². The molecule has 0 aromatic rings. The van der Waals surface area contributed by atoms with Gasteiger partial charge in [-0.25, -0.2) is 0 Å². The molecule has 2 unspecified atom stereocenters. The Morgan fingerprint density at radius 1 is 1.39 bits per heavy atom. The first-order chi connectivity index (χ1) is 11.0. The minimum atomic E-state index is -0.216. The summed E-state index contributed by atoms with van der Waals surface area (Å²) in [5.41, 5.74) is 0.0596. The van der Waals surface area contributed by atoms with Gasteiger partial charge in [-0.2, -0.15) is 5.26 Å². The summed E-state index contributed by atoms with van der Waals surface area (Å²) in [7, 11) is 0. The highest BCUT2D eigenvalue weighted by Crippen LogP contribution is 2.49. The van der Waals surface area contributed by atoms with Crippen LogP contribution in [0.25, 0.3) is 0 Å². The van der Waals surface area contributed by atoms with Crippen molar-refractivity contribution in [2.24, 2.45) is 11.8 Å². The van der Waals surface area contributed by atoms with Gasteiger partial charge >= 0.3 is 0 Å². The van der Waals surface area contributed by atoms with Crippen molar-refractivity contribution in [1.82, 2.24) is 10.2 Å². The van der Waals surface area contributed by atoms with Gasteiger partial charge in [0.15, 0.2) is 0 Å². The van der Waals surface area contributed by atoms with Crippen LogP contribution < -0.4 is 5.32 Å². The molecule has 23 heavy (non-hydrogen) atoms. The molecule has 3 aliphatic rings. The van der Waals surface area contributed by atoms with Gasteiger partial charge in [-0.05, 0) is 64.2 Å². The van der Waals surface area contributed by atoms with Crippen LogP contribution in [0.2, 0.25) is 0 Å². The molecule has 1 aliphatic heterocycles. The third-order valence-corrected chi connectivity index (χ3v) is 6.01. The SMILES string of the molecule is CCOC1C[C@@H]2CC(C)(NCC(=O)N3CCC[C@H]3C#N)C[C@@H]2C1. The fourth-order valence-electron chi connectivity index (χ4n) is 5.00. The van der Waals surface area contributed by atoms with Crippen molar-refractivity contribution < 1.29 is 9.53 Å². The number of likely N-dealkylation sites (tertiary alicyclic amines) is 1. The molecule has 0 aromatic carbocycles. The lowest BCUT2D eigenvalue weighted by atomic mass is 9.95. The van der Waals surface area contributed by atoms with E-state index in [2.05, 4.69) is 25.2 Å². The van der Waals surface area contributed by atoms with E-state index in [9.17, 15) is 4.79 Å².